The minimum atomic E-state index is 0.0128. The van der Waals surface area contributed by atoms with Crippen molar-refractivity contribution in [1.82, 2.24) is 0 Å². The largest absolute Gasteiger partial charge is 0.311 e. The Morgan fingerprint density at radius 1 is 0.386 bits per heavy atom. The zero-order chi connectivity index (χ0) is 37.3. The van der Waals surface area contributed by atoms with Gasteiger partial charge in [0.1, 0.15) is 0 Å². The zero-order valence-electron chi connectivity index (χ0n) is 32.5. The third kappa shape index (κ3) is 4.17. The molecular formula is C54H45BN2. The van der Waals surface area contributed by atoms with Crippen molar-refractivity contribution in [3.05, 3.63) is 174 Å². The van der Waals surface area contributed by atoms with E-state index in [2.05, 4.69) is 161 Å². The van der Waals surface area contributed by atoms with Crippen molar-refractivity contribution in [2.45, 2.75) is 75.0 Å². The summed E-state index contributed by atoms with van der Waals surface area (Å²) in [6, 6.07) is 58.9. The van der Waals surface area contributed by atoms with Crippen molar-refractivity contribution in [3.63, 3.8) is 0 Å². The Morgan fingerprint density at radius 3 is 1.63 bits per heavy atom. The number of hydrogen-bond donors (Lipinski definition) is 0. The van der Waals surface area contributed by atoms with Gasteiger partial charge in [-0.25, -0.2) is 0 Å². The second-order valence-electron chi connectivity index (χ2n) is 17.7. The van der Waals surface area contributed by atoms with Crippen LogP contribution in [0.5, 0.6) is 0 Å². The Bertz CT molecular complexity index is 2770. The van der Waals surface area contributed by atoms with Crippen molar-refractivity contribution in [2.75, 3.05) is 9.80 Å². The maximum atomic E-state index is 2.74. The molecule has 2 heterocycles. The molecule has 6 aliphatic rings. The first-order valence-corrected chi connectivity index (χ1v) is 21.7. The molecule has 0 unspecified atom stereocenters. The minimum absolute atomic E-state index is 0.0128. The lowest BCUT2D eigenvalue weighted by Gasteiger charge is -2.46. The van der Waals surface area contributed by atoms with Gasteiger partial charge in [0.2, 0.25) is 0 Å². The van der Waals surface area contributed by atoms with Crippen LogP contribution in [0.2, 0.25) is 0 Å². The van der Waals surface area contributed by atoms with E-state index in [1.54, 1.807) is 16.7 Å². The highest BCUT2D eigenvalue weighted by molar-refractivity contribution is 7.00. The van der Waals surface area contributed by atoms with Gasteiger partial charge in [0.15, 0.2) is 0 Å². The normalized spacial score (nSPS) is 18.4. The molecule has 0 saturated heterocycles. The van der Waals surface area contributed by atoms with Crippen LogP contribution in [0.1, 0.15) is 86.5 Å². The van der Waals surface area contributed by atoms with Crippen molar-refractivity contribution in [1.29, 1.82) is 0 Å². The Kier molecular flexibility index (Phi) is 6.73. The summed E-state index contributed by atoms with van der Waals surface area (Å²) in [5.74, 6) is 0. The maximum Gasteiger partial charge on any atom is 0.252 e. The fourth-order valence-electron chi connectivity index (χ4n) is 13.0. The molecule has 2 fully saturated rings. The lowest BCUT2D eigenvalue weighted by molar-refractivity contribution is 0.353. The molecule has 2 saturated carbocycles. The topological polar surface area (TPSA) is 6.48 Å². The van der Waals surface area contributed by atoms with Gasteiger partial charge in [0.05, 0.1) is 5.69 Å². The Labute approximate surface area is 336 Å². The maximum absolute atomic E-state index is 2.74. The van der Waals surface area contributed by atoms with Crippen LogP contribution in [-0.4, -0.2) is 6.71 Å². The van der Waals surface area contributed by atoms with Crippen LogP contribution in [0.4, 0.5) is 34.1 Å². The van der Waals surface area contributed by atoms with Crippen LogP contribution in [0, 0.1) is 0 Å². The first kappa shape index (κ1) is 32.3. The summed E-state index contributed by atoms with van der Waals surface area (Å²) in [6.45, 7) is 0.0851. The van der Waals surface area contributed by atoms with Crippen molar-refractivity contribution < 1.29 is 0 Å². The molecule has 7 aromatic rings. The van der Waals surface area contributed by atoms with Gasteiger partial charge in [0, 0.05) is 44.8 Å². The number of fused-ring (bicyclic) bond motifs is 15. The van der Waals surface area contributed by atoms with E-state index in [1.807, 2.05) is 0 Å². The lowest BCUT2D eigenvalue weighted by atomic mass is 9.33. The van der Waals surface area contributed by atoms with E-state index in [1.165, 1.54) is 143 Å². The minimum Gasteiger partial charge on any atom is -0.311 e. The molecule has 0 aromatic heterocycles. The van der Waals surface area contributed by atoms with Gasteiger partial charge in [-0.1, -0.05) is 148 Å². The number of rotatable bonds is 2. The third-order valence-corrected chi connectivity index (χ3v) is 15.2. The molecule has 0 radical (unpaired) electrons. The number of para-hydroxylation sites is 3. The first-order chi connectivity index (χ1) is 28.3. The van der Waals surface area contributed by atoms with Crippen LogP contribution in [0.3, 0.4) is 0 Å². The second-order valence-corrected chi connectivity index (χ2v) is 17.7. The average Bonchev–Trinajstić information content (AvgIpc) is 3.69. The molecule has 2 spiro atoms. The molecule has 0 atom stereocenters. The molecule has 0 bridgehead atoms. The van der Waals surface area contributed by atoms with Gasteiger partial charge in [-0.2, -0.15) is 0 Å². The lowest BCUT2D eigenvalue weighted by Crippen LogP contribution is -2.61. The summed E-state index contributed by atoms with van der Waals surface area (Å²) in [5.41, 5.74) is 24.2. The van der Waals surface area contributed by atoms with Gasteiger partial charge in [0.25, 0.3) is 6.71 Å². The SMILES string of the molecule is c1ccc(N2c3ccccc3B3c4cc5c(cc4N(c4ccccc4)c4c3c2cc2c4-c3ccccc3C23CCCCC3)C2(CCCCC2)c2ccccc2-5)cc1. The highest BCUT2D eigenvalue weighted by atomic mass is 15.2. The summed E-state index contributed by atoms with van der Waals surface area (Å²) < 4.78 is 0. The molecule has 13 rings (SSSR count). The van der Waals surface area contributed by atoms with E-state index in [0.717, 1.165) is 0 Å². The Morgan fingerprint density at radius 2 is 0.930 bits per heavy atom. The van der Waals surface area contributed by atoms with Crippen LogP contribution >= 0.6 is 0 Å². The molecule has 2 aliphatic heterocycles. The van der Waals surface area contributed by atoms with Crippen molar-refractivity contribution >= 4 is 57.2 Å². The number of nitrogens with zero attached hydrogens (tertiary/aromatic N) is 2. The van der Waals surface area contributed by atoms with E-state index < -0.39 is 0 Å². The summed E-state index contributed by atoms with van der Waals surface area (Å²) in [6.07, 6.45) is 12.6. The summed E-state index contributed by atoms with van der Waals surface area (Å²) in [5, 5.41) is 0. The summed E-state index contributed by atoms with van der Waals surface area (Å²) in [4.78, 5) is 5.34. The van der Waals surface area contributed by atoms with E-state index in [0.29, 0.717) is 0 Å². The quantitative estimate of drug-likeness (QED) is 0.163. The van der Waals surface area contributed by atoms with Crippen LogP contribution in [0.25, 0.3) is 22.3 Å². The highest BCUT2D eigenvalue weighted by Gasteiger charge is 2.52. The van der Waals surface area contributed by atoms with Crippen molar-refractivity contribution in [2.24, 2.45) is 0 Å². The first-order valence-electron chi connectivity index (χ1n) is 21.7. The fourth-order valence-corrected chi connectivity index (χ4v) is 13.0. The average molecular weight is 733 g/mol. The standard InChI is InChI=1S/C54H45BN2/c1-5-19-36(20-6-1)56-47-28-14-13-27-45(47)55-46-33-40-38-23-9-11-25-41(38)53(29-15-3-16-30-53)43(40)34-48(46)57(37-21-7-2-8-22-37)52-50-39-24-10-12-26-42(39)54(31-17-4-18-32-54)44(50)35-49(56)51(52)55/h1-2,5-14,19-28,33-35H,3-4,15-18,29-32H2. The monoisotopic (exact) mass is 732 g/mol. The van der Waals surface area contributed by atoms with E-state index in [9.17, 15) is 0 Å². The zero-order valence-corrected chi connectivity index (χ0v) is 32.5. The number of anilines is 6. The van der Waals surface area contributed by atoms with Crippen LogP contribution in [0.15, 0.2) is 152 Å². The highest BCUT2D eigenvalue weighted by Crippen LogP contribution is 2.62. The van der Waals surface area contributed by atoms with Gasteiger partial charge in [-0.15, -0.1) is 0 Å². The summed E-state index contributed by atoms with van der Waals surface area (Å²) >= 11 is 0. The molecule has 0 amide bonds. The predicted molar refractivity (Wildman–Crippen MR) is 239 cm³/mol. The summed E-state index contributed by atoms with van der Waals surface area (Å²) in [7, 11) is 0. The molecule has 7 aromatic carbocycles. The smallest absolute Gasteiger partial charge is 0.252 e. The van der Waals surface area contributed by atoms with E-state index in [-0.39, 0.29) is 17.5 Å². The predicted octanol–water partition coefficient (Wildman–Crippen LogP) is 12.2. The van der Waals surface area contributed by atoms with Crippen LogP contribution in [-0.2, 0) is 10.8 Å². The molecular weight excluding hydrogens is 687 g/mol. The second kappa shape index (κ2) is 11.9. The molecule has 274 valence electrons. The third-order valence-electron chi connectivity index (χ3n) is 15.2. The Hall–Kier alpha value is -5.80. The Balaban J connectivity index is 1.20. The molecule has 4 aliphatic carbocycles. The molecule has 57 heavy (non-hydrogen) atoms. The van der Waals surface area contributed by atoms with Gasteiger partial charge < -0.3 is 9.80 Å². The fraction of sp³-hybridized carbons (Fsp3) is 0.222. The van der Waals surface area contributed by atoms with Gasteiger partial charge in [-0.3, -0.25) is 0 Å². The molecule has 3 heteroatoms. The van der Waals surface area contributed by atoms with Gasteiger partial charge >= 0.3 is 0 Å². The van der Waals surface area contributed by atoms with E-state index >= 15 is 0 Å². The molecule has 0 N–H and O–H groups in total. The number of benzene rings is 7. The van der Waals surface area contributed by atoms with Gasteiger partial charge in [-0.05, 0) is 123 Å². The molecule has 2 nitrogen and oxygen atoms in total. The number of hydrogen-bond acceptors (Lipinski definition) is 2. The van der Waals surface area contributed by atoms with E-state index in [4.69, 9.17) is 0 Å². The van der Waals surface area contributed by atoms with Crippen LogP contribution < -0.4 is 26.2 Å². The van der Waals surface area contributed by atoms with Crippen molar-refractivity contribution in [3.8, 4) is 22.3 Å².